The van der Waals surface area contributed by atoms with Gasteiger partial charge in [-0.05, 0) is 32.8 Å². The summed E-state index contributed by atoms with van der Waals surface area (Å²) in [4.78, 5) is 30.6. The molecular formula is C15H21N3O2S. The summed E-state index contributed by atoms with van der Waals surface area (Å²) in [5.41, 5.74) is -0.420. The summed E-state index contributed by atoms with van der Waals surface area (Å²) in [5.74, 6) is -0.170. The van der Waals surface area contributed by atoms with Crippen molar-refractivity contribution in [1.82, 2.24) is 14.9 Å². The second-order valence-electron chi connectivity index (χ2n) is 5.75. The van der Waals surface area contributed by atoms with Crippen LogP contribution in [-0.4, -0.2) is 21.0 Å². The van der Waals surface area contributed by atoms with Gasteiger partial charge < -0.3 is 5.32 Å². The van der Waals surface area contributed by atoms with Crippen molar-refractivity contribution >= 4 is 27.5 Å². The normalized spacial score (nSPS) is 11.8. The molecule has 0 aliphatic rings. The van der Waals surface area contributed by atoms with E-state index < -0.39 is 0 Å². The van der Waals surface area contributed by atoms with Gasteiger partial charge in [-0.2, -0.15) is 0 Å². The number of aromatic nitrogens is 2. The molecule has 2 aromatic heterocycles. The van der Waals surface area contributed by atoms with Crippen LogP contribution in [0, 0.1) is 0 Å². The third-order valence-electron chi connectivity index (χ3n) is 3.59. The molecule has 21 heavy (non-hydrogen) atoms. The molecule has 0 fully saturated rings. The van der Waals surface area contributed by atoms with Crippen molar-refractivity contribution in [3.63, 3.8) is 0 Å². The maximum Gasteiger partial charge on any atom is 0.262 e. The number of nitrogens with one attached hydrogen (secondary N) is 1. The first-order valence-electron chi connectivity index (χ1n) is 7.15. The molecule has 0 bridgehead atoms. The summed E-state index contributed by atoms with van der Waals surface area (Å²) in [6.45, 7) is 7.98. The molecule has 0 aliphatic heterocycles. The number of carbonyl (C=O) groups is 1. The first-order chi connectivity index (χ1) is 9.86. The summed E-state index contributed by atoms with van der Waals surface area (Å²) in [6, 6.07) is 1.87. The molecule has 2 heterocycles. The molecule has 0 saturated carbocycles. The van der Waals surface area contributed by atoms with Crippen LogP contribution in [0.1, 0.15) is 39.0 Å². The molecule has 0 aliphatic carbocycles. The van der Waals surface area contributed by atoms with E-state index >= 15 is 0 Å². The van der Waals surface area contributed by atoms with Gasteiger partial charge in [-0.25, -0.2) is 4.98 Å². The highest BCUT2D eigenvalue weighted by molar-refractivity contribution is 7.18. The zero-order valence-electron chi connectivity index (χ0n) is 12.9. The fraction of sp³-hybridized carbons (Fsp3) is 0.533. The second-order valence-corrected chi connectivity index (χ2v) is 6.86. The van der Waals surface area contributed by atoms with Gasteiger partial charge >= 0.3 is 0 Å². The number of rotatable bonds is 5. The standard InChI is InChI=1S/C15H21N3O2S/c1-5-10-7-11-13(21-10)16-9-18(14(11)20)8-12(19)17-15(3,4)6-2/h7,9H,5-6,8H2,1-4H3,(H,17,19). The third kappa shape index (κ3) is 3.50. The van der Waals surface area contributed by atoms with Crippen LogP contribution >= 0.6 is 11.3 Å². The Hall–Kier alpha value is -1.69. The Morgan fingerprint density at radius 3 is 2.76 bits per heavy atom. The molecule has 0 radical (unpaired) electrons. The Morgan fingerprint density at radius 1 is 1.43 bits per heavy atom. The van der Waals surface area contributed by atoms with E-state index in [1.165, 1.54) is 22.2 Å². The zero-order chi connectivity index (χ0) is 15.6. The molecule has 5 nitrogen and oxygen atoms in total. The van der Waals surface area contributed by atoms with Crippen LogP contribution in [-0.2, 0) is 17.8 Å². The van der Waals surface area contributed by atoms with Gasteiger partial charge in [0.05, 0.1) is 11.7 Å². The van der Waals surface area contributed by atoms with Crippen LogP contribution in [0.5, 0.6) is 0 Å². The topological polar surface area (TPSA) is 64.0 Å². The van der Waals surface area contributed by atoms with Crippen LogP contribution in [0.3, 0.4) is 0 Å². The lowest BCUT2D eigenvalue weighted by Crippen LogP contribution is -2.45. The van der Waals surface area contributed by atoms with Gasteiger partial charge in [0.2, 0.25) is 5.91 Å². The van der Waals surface area contributed by atoms with E-state index in [0.717, 1.165) is 22.5 Å². The average molecular weight is 307 g/mol. The van der Waals surface area contributed by atoms with E-state index in [4.69, 9.17) is 0 Å². The third-order valence-corrected chi connectivity index (χ3v) is 4.78. The Balaban J connectivity index is 2.25. The summed E-state index contributed by atoms with van der Waals surface area (Å²) < 4.78 is 1.37. The average Bonchev–Trinajstić information content (AvgIpc) is 2.85. The second kappa shape index (κ2) is 5.97. The molecule has 1 N–H and O–H groups in total. The van der Waals surface area contributed by atoms with Gasteiger partial charge in [-0.1, -0.05) is 13.8 Å². The van der Waals surface area contributed by atoms with Crippen molar-refractivity contribution in [1.29, 1.82) is 0 Å². The van der Waals surface area contributed by atoms with Crippen molar-refractivity contribution < 1.29 is 4.79 Å². The van der Waals surface area contributed by atoms with Crippen molar-refractivity contribution in [3.8, 4) is 0 Å². The van der Waals surface area contributed by atoms with E-state index in [1.807, 2.05) is 33.8 Å². The van der Waals surface area contributed by atoms with Crippen molar-refractivity contribution in [3.05, 3.63) is 27.6 Å². The van der Waals surface area contributed by atoms with Gasteiger partial charge in [0.25, 0.3) is 5.56 Å². The Morgan fingerprint density at radius 2 is 2.14 bits per heavy atom. The van der Waals surface area contributed by atoms with Crippen LogP contribution in [0.4, 0.5) is 0 Å². The number of fused-ring (bicyclic) bond motifs is 1. The van der Waals surface area contributed by atoms with Crippen LogP contribution in [0.15, 0.2) is 17.2 Å². The quantitative estimate of drug-likeness (QED) is 0.922. The Kier molecular flexibility index (Phi) is 4.46. The van der Waals surface area contributed by atoms with E-state index in [-0.39, 0.29) is 23.6 Å². The van der Waals surface area contributed by atoms with E-state index in [9.17, 15) is 9.59 Å². The fourth-order valence-electron chi connectivity index (χ4n) is 1.96. The highest BCUT2D eigenvalue weighted by Crippen LogP contribution is 2.20. The van der Waals surface area contributed by atoms with Gasteiger partial charge in [-0.15, -0.1) is 11.3 Å². The van der Waals surface area contributed by atoms with Crippen LogP contribution in [0.2, 0.25) is 0 Å². The summed E-state index contributed by atoms with van der Waals surface area (Å²) >= 11 is 1.53. The summed E-state index contributed by atoms with van der Waals surface area (Å²) in [7, 11) is 0. The van der Waals surface area contributed by atoms with Gasteiger partial charge in [0.1, 0.15) is 11.4 Å². The zero-order valence-corrected chi connectivity index (χ0v) is 13.7. The lowest BCUT2D eigenvalue weighted by atomic mass is 10.0. The smallest absolute Gasteiger partial charge is 0.262 e. The minimum absolute atomic E-state index is 0.00249. The van der Waals surface area contributed by atoms with Gasteiger partial charge in [0.15, 0.2) is 0 Å². The monoisotopic (exact) mass is 307 g/mol. The number of carbonyl (C=O) groups excluding carboxylic acids is 1. The number of amides is 1. The van der Waals surface area contributed by atoms with E-state index in [2.05, 4.69) is 10.3 Å². The molecule has 0 aromatic carbocycles. The fourth-order valence-corrected chi connectivity index (χ4v) is 2.88. The molecule has 6 heteroatoms. The lowest BCUT2D eigenvalue weighted by molar-refractivity contribution is -0.123. The highest BCUT2D eigenvalue weighted by atomic mass is 32.1. The number of aryl methyl sites for hydroxylation is 1. The largest absolute Gasteiger partial charge is 0.350 e. The molecule has 0 spiro atoms. The predicted octanol–water partition coefficient (Wildman–Crippen LogP) is 2.33. The SMILES string of the molecule is CCc1cc2c(=O)n(CC(=O)NC(C)(C)CC)cnc2s1. The maximum absolute atomic E-state index is 12.4. The summed E-state index contributed by atoms with van der Waals surface area (Å²) in [6.07, 6.45) is 3.17. The molecular weight excluding hydrogens is 286 g/mol. The number of thiophene rings is 1. The molecule has 2 rings (SSSR count). The predicted molar refractivity (Wildman–Crippen MR) is 85.8 cm³/mol. The summed E-state index contributed by atoms with van der Waals surface area (Å²) in [5, 5.41) is 3.52. The minimum atomic E-state index is -0.268. The minimum Gasteiger partial charge on any atom is -0.350 e. The molecule has 0 atom stereocenters. The van der Waals surface area contributed by atoms with Gasteiger partial charge in [-0.3, -0.25) is 14.2 Å². The van der Waals surface area contributed by atoms with Gasteiger partial charge in [0, 0.05) is 10.4 Å². The highest BCUT2D eigenvalue weighted by Gasteiger charge is 2.18. The first-order valence-corrected chi connectivity index (χ1v) is 7.97. The van der Waals surface area contributed by atoms with Crippen molar-refractivity contribution in [2.45, 2.75) is 52.6 Å². The Bertz CT molecular complexity index is 715. The van der Waals surface area contributed by atoms with Crippen LogP contribution < -0.4 is 10.9 Å². The molecule has 114 valence electrons. The molecule has 0 saturated heterocycles. The van der Waals surface area contributed by atoms with E-state index in [1.54, 1.807) is 0 Å². The number of nitrogens with zero attached hydrogens (tertiary/aromatic N) is 2. The first kappa shape index (κ1) is 15.7. The Labute approximate surface area is 128 Å². The number of hydrogen-bond donors (Lipinski definition) is 1. The van der Waals surface area contributed by atoms with Crippen LogP contribution in [0.25, 0.3) is 10.2 Å². The lowest BCUT2D eigenvalue weighted by Gasteiger charge is -2.24. The molecule has 0 unspecified atom stereocenters. The number of hydrogen-bond acceptors (Lipinski definition) is 4. The maximum atomic E-state index is 12.4. The van der Waals surface area contributed by atoms with E-state index in [0.29, 0.717) is 5.39 Å². The van der Waals surface area contributed by atoms with Crippen molar-refractivity contribution in [2.24, 2.45) is 0 Å². The molecule has 1 amide bonds. The van der Waals surface area contributed by atoms with Crippen molar-refractivity contribution in [2.75, 3.05) is 0 Å². The molecule has 2 aromatic rings.